The third-order valence-corrected chi connectivity index (χ3v) is 4.74. The lowest BCUT2D eigenvalue weighted by atomic mass is 10.1. The number of rotatable bonds is 3. The summed E-state index contributed by atoms with van der Waals surface area (Å²) in [6.45, 7) is 0. The molecule has 5 heteroatoms. The van der Waals surface area contributed by atoms with Crippen molar-refractivity contribution in [1.29, 1.82) is 0 Å². The molecule has 0 bridgehead atoms. The highest BCUT2D eigenvalue weighted by atomic mass is 79.9. The van der Waals surface area contributed by atoms with E-state index in [1.54, 1.807) is 6.07 Å². The van der Waals surface area contributed by atoms with Crippen LogP contribution >= 0.6 is 15.9 Å². The summed E-state index contributed by atoms with van der Waals surface area (Å²) in [5, 5.41) is 6.99. The van der Waals surface area contributed by atoms with Crippen molar-refractivity contribution < 1.29 is 9.53 Å². The van der Waals surface area contributed by atoms with Gasteiger partial charge in [0, 0.05) is 10.0 Å². The van der Waals surface area contributed by atoms with Crippen molar-refractivity contribution in [1.82, 2.24) is 10.2 Å². The molecule has 1 atom stereocenters. The van der Waals surface area contributed by atoms with Gasteiger partial charge in [0.2, 0.25) is 0 Å². The molecular weight excluding hydrogens is 368 g/mol. The lowest BCUT2D eigenvalue weighted by Gasteiger charge is -2.12. The van der Waals surface area contributed by atoms with Gasteiger partial charge in [0.05, 0.1) is 5.69 Å². The molecule has 0 radical (unpaired) electrons. The van der Waals surface area contributed by atoms with Crippen molar-refractivity contribution in [3.8, 4) is 11.3 Å². The zero-order valence-electron chi connectivity index (χ0n) is 12.8. The molecule has 0 spiro atoms. The van der Waals surface area contributed by atoms with Crippen LogP contribution < -0.4 is 0 Å². The van der Waals surface area contributed by atoms with Crippen LogP contribution in [-0.2, 0) is 11.2 Å². The molecule has 0 amide bonds. The molecule has 0 unspecified atom stereocenters. The summed E-state index contributed by atoms with van der Waals surface area (Å²) in [4.78, 5) is 12.4. The number of hydrogen-bond acceptors (Lipinski definition) is 3. The number of H-pyrrole nitrogens is 1. The fourth-order valence-electron chi connectivity index (χ4n) is 3.03. The maximum atomic E-state index is 12.4. The molecule has 1 aliphatic rings. The first-order chi connectivity index (χ1) is 11.7. The lowest BCUT2D eigenvalue weighted by molar-refractivity contribution is 0.0294. The van der Waals surface area contributed by atoms with E-state index in [4.69, 9.17) is 4.74 Å². The number of aromatic nitrogens is 2. The monoisotopic (exact) mass is 382 g/mol. The Morgan fingerprint density at radius 3 is 2.83 bits per heavy atom. The standard InChI is InChI=1S/C19H15BrN2O2/c20-14-8-6-12-7-9-18(15(12)10-14)24-19(23)17-11-16(21-22-17)13-4-2-1-3-5-13/h1-6,8,10-11,18H,7,9H2,(H,21,22)/t18-/m0/s1. The second kappa shape index (κ2) is 6.24. The van der Waals surface area contributed by atoms with E-state index < -0.39 is 0 Å². The van der Waals surface area contributed by atoms with E-state index in [1.165, 1.54) is 5.56 Å². The van der Waals surface area contributed by atoms with Crippen LogP contribution in [0.1, 0.15) is 34.1 Å². The highest BCUT2D eigenvalue weighted by Crippen LogP contribution is 2.36. The molecular formula is C19H15BrN2O2. The predicted octanol–water partition coefficient (Wildman–Crippen LogP) is 4.68. The normalized spacial score (nSPS) is 16.0. The van der Waals surface area contributed by atoms with Gasteiger partial charge in [0.1, 0.15) is 11.8 Å². The van der Waals surface area contributed by atoms with Gasteiger partial charge in [-0.15, -0.1) is 0 Å². The van der Waals surface area contributed by atoms with Gasteiger partial charge >= 0.3 is 5.97 Å². The number of carbonyl (C=O) groups is 1. The number of fused-ring (bicyclic) bond motifs is 1. The zero-order chi connectivity index (χ0) is 16.5. The Balaban J connectivity index is 1.52. The van der Waals surface area contributed by atoms with E-state index in [2.05, 4.69) is 32.2 Å². The highest BCUT2D eigenvalue weighted by molar-refractivity contribution is 9.10. The number of nitrogens with zero attached hydrogens (tertiary/aromatic N) is 1. The molecule has 4 rings (SSSR count). The van der Waals surface area contributed by atoms with Crippen LogP contribution in [-0.4, -0.2) is 16.2 Å². The summed E-state index contributed by atoms with van der Waals surface area (Å²) in [5.74, 6) is -0.373. The predicted molar refractivity (Wildman–Crippen MR) is 94.6 cm³/mol. The number of benzene rings is 2. The van der Waals surface area contributed by atoms with Crippen LogP contribution in [0.2, 0.25) is 0 Å². The molecule has 0 saturated carbocycles. The molecule has 1 aromatic heterocycles. The highest BCUT2D eigenvalue weighted by Gasteiger charge is 2.27. The molecule has 1 N–H and O–H groups in total. The van der Waals surface area contributed by atoms with Crippen molar-refractivity contribution in [2.75, 3.05) is 0 Å². The van der Waals surface area contributed by atoms with Crippen LogP contribution in [0.4, 0.5) is 0 Å². The number of aryl methyl sites for hydroxylation is 1. The number of aromatic amines is 1. The molecule has 24 heavy (non-hydrogen) atoms. The van der Waals surface area contributed by atoms with E-state index in [1.807, 2.05) is 42.5 Å². The average Bonchev–Trinajstić information content (AvgIpc) is 3.23. The minimum atomic E-state index is -0.373. The number of hydrogen-bond donors (Lipinski definition) is 1. The van der Waals surface area contributed by atoms with Gasteiger partial charge in [-0.1, -0.05) is 52.3 Å². The Labute approximate surface area is 148 Å². The maximum Gasteiger partial charge on any atom is 0.356 e. The molecule has 0 saturated heterocycles. The smallest absolute Gasteiger partial charge is 0.356 e. The summed E-state index contributed by atoms with van der Waals surface area (Å²) in [6, 6.07) is 17.6. The first-order valence-electron chi connectivity index (χ1n) is 7.81. The molecule has 1 aliphatic carbocycles. The Morgan fingerprint density at radius 1 is 1.17 bits per heavy atom. The zero-order valence-corrected chi connectivity index (χ0v) is 14.4. The third-order valence-electron chi connectivity index (χ3n) is 4.25. The minimum absolute atomic E-state index is 0.200. The van der Waals surface area contributed by atoms with Crippen molar-refractivity contribution in [2.24, 2.45) is 0 Å². The van der Waals surface area contributed by atoms with E-state index in [9.17, 15) is 4.79 Å². The summed E-state index contributed by atoms with van der Waals surface area (Å²) in [7, 11) is 0. The van der Waals surface area contributed by atoms with Gasteiger partial charge in [0.25, 0.3) is 0 Å². The largest absolute Gasteiger partial charge is 0.453 e. The number of halogens is 1. The summed E-state index contributed by atoms with van der Waals surface area (Å²) >= 11 is 3.48. The van der Waals surface area contributed by atoms with E-state index in [0.29, 0.717) is 5.69 Å². The Morgan fingerprint density at radius 2 is 2.00 bits per heavy atom. The molecule has 1 heterocycles. The van der Waals surface area contributed by atoms with Crippen molar-refractivity contribution >= 4 is 21.9 Å². The second-order valence-corrected chi connectivity index (χ2v) is 6.72. The number of nitrogens with one attached hydrogen (secondary N) is 1. The summed E-state index contributed by atoms with van der Waals surface area (Å²) in [5.41, 5.74) is 4.39. The summed E-state index contributed by atoms with van der Waals surface area (Å²) in [6.07, 6.45) is 1.55. The van der Waals surface area contributed by atoms with Crippen LogP contribution in [0, 0.1) is 0 Å². The Hall–Kier alpha value is -2.40. The van der Waals surface area contributed by atoms with Gasteiger partial charge < -0.3 is 4.74 Å². The molecule has 0 fully saturated rings. The van der Waals surface area contributed by atoms with E-state index in [0.717, 1.165) is 34.1 Å². The topological polar surface area (TPSA) is 55.0 Å². The lowest BCUT2D eigenvalue weighted by Crippen LogP contribution is -2.10. The number of esters is 1. The van der Waals surface area contributed by atoms with Crippen molar-refractivity contribution in [3.63, 3.8) is 0 Å². The molecule has 120 valence electrons. The van der Waals surface area contributed by atoms with Crippen LogP contribution in [0.15, 0.2) is 59.1 Å². The fourth-order valence-corrected chi connectivity index (χ4v) is 3.41. The Kier molecular flexibility index (Phi) is 3.94. The quantitative estimate of drug-likeness (QED) is 0.668. The van der Waals surface area contributed by atoms with Gasteiger partial charge in [0.15, 0.2) is 0 Å². The van der Waals surface area contributed by atoms with Gasteiger partial charge in [-0.25, -0.2) is 4.79 Å². The average molecular weight is 383 g/mol. The molecule has 0 aliphatic heterocycles. The van der Waals surface area contributed by atoms with Gasteiger partial charge in [-0.2, -0.15) is 5.10 Å². The molecule has 4 nitrogen and oxygen atoms in total. The molecule has 2 aromatic carbocycles. The van der Waals surface area contributed by atoms with Gasteiger partial charge in [-0.05, 0) is 42.2 Å². The number of carbonyl (C=O) groups excluding carboxylic acids is 1. The minimum Gasteiger partial charge on any atom is -0.453 e. The van der Waals surface area contributed by atoms with Gasteiger partial charge in [-0.3, -0.25) is 5.10 Å². The maximum absolute atomic E-state index is 12.4. The van der Waals surface area contributed by atoms with Crippen molar-refractivity contribution in [3.05, 3.63) is 75.9 Å². The van der Waals surface area contributed by atoms with Crippen LogP contribution in [0.25, 0.3) is 11.3 Å². The first-order valence-corrected chi connectivity index (χ1v) is 8.60. The molecule has 3 aromatic rings. The van der Waals surface area contributed by atoms with Crippen LogP contribution in [0.3, 0.4) is 0 Å². The third kappa shape index (κ3) is 2.87. The first kappa shape index (κ1) is 15.1. The SMILES string of the molecule is O=C(O[C@H]1CCc2ccc(Br)cc21)c1cc(-c2ccccc2)n[nH]1. The van der Waals surface area contributed by atoms with Crippen molar-refractivity contribution in [2.45, 2.75) is 18.9 Å². The number of ether oxygens (including phenoxy) is 1. The van der Waals surface area contributed by atoms with E-state index >= 15 is 0 Å². The second-order valence-electron chi connectivity index (χ2n) is 5.81. The fraction of sp³-hybridized carbons (Fsp3) is 0.158. The van der Waals surface area contributed by atoms with Crippen LogP contribution in [0.5, 0.6) is 0 Å². The van der Waals surface area contributed by atoms with E-state index in [-0.39, 0.29) is 12.1 Å². The summed E-state index contributed by atoms with van der Waals surface area (Å²) < 4.78 is 6.69. The Bertz CT molecular complexity index is 889.